The first-order valence-electron chi connectivity index (χ1n) is 11.4. The average Bonchev–Trinajstić information content (AvgIpc) is 3.10. The lowest BCUT2D eigenvalue weighted by Crippen LogP contribution is -2.31. The van der Waals surface area contributed by atoms with E-state index in [0.717, 1.165) is 36.6 Å². The van der Waals surface area contributed by atoms with E-state index in [9.17, 15) is 4.79 Å². The third-order valence-electron chi connectivity index (χ3n) is 6.30. The molecular weight excluding hydrogens is 423 g/mol. The van der Waals surface area contributed by atoms with Gasteiger partial charge in [0.25, 0.3) is 0 Å². The van der Waals surface area contributed by atoms with Crippen LogP contribution in [0.1, 0.15) is 38.6 Å². The minimum atomic E-state index is -0.387. The van der Waals surface area contributed by atoms with E-state index in [-0.39, 0.29) is 17.5 Å². The van der Waals surface area contributed by atoms with Crippen LogP contribution in [-0.4, -0.2) is 38.9 Å². The molecule has 5 rings (SSSR count). The van der Waals surface area contributed by atoms with Crippen molar-refractivity contribution in [2.45, 2.75) is 38.6 Å². The van der Waals surface area contributed by atoms with Gasteiger partial charge in [-0.15, -0.1) is 0 Å². The third-order valence-corrected chi connectivity index (χ3v) is 6.30. The largest absolute Gasteiger partial charge is 0.478 e. The van der Waals surface area contributed by atoms with Gasteiger partial charge in [0.1, 0.15) is 5.82 Å². The van der Waals surface area contributed by atoms with Gasteiger partial charge in [0.2, 0.25) is 5.88 Å². The molecule has 172 valence electrons. The third kappa shape index (κ3) is 3.88. The Morgan fingerprint density at radius 3 is 2.85 bits per heavy atom. The van der Waals surface area contributed by atoms with E-state index in [0.29, 0.717) is 47.9 Å². The number of halogens is 1. The highest BCUT2D eigenvalue weighted by atomic mass is 19.1. The molecule has 1 aliphatic heterocycles. The number of hydrogen-bond acceptors (Lipinski definition) is 5. The molecule has 0 bridgehead atoms. The van der Waals surface area contributed by atoms with E-state index in [1.807, 2.05) is 0 Å². The molecule has 3 aromatic heterocycles. The second kappa shape index (κ2) is 8.94. The predicted octanol–water partition coefficient (Wildman–Crippen LogP) is 4.62. The molecule has 0 amide bonds. The van der Waals surface area contributed by atoms with Gasteiger partial charge in [0.15, 0.2) is 0 Å². The molecule has 33 heavy (non-hydrogen) atoms. The van der Waals surface area contributed by atoms with Gasteiger partial charge in [-0.1, -0.05) is 13.3 Å². The van der Waals surface area contributed by atoms with Crippen molar-refractivity contribution in [1.29, 1.82) is 0 Å². The molecule has 0 aliphatic carbocycles. The number of rotatable bonds is 6. The lowest BCUT2D eigenvalue weighted by atomic mass is 10.0. The number of aromatic nitrogens is 4. The minimum absolute atomic E-state index is 0.0599. The van der Waals surface area contributed by atoms with Gasteiger partial charge in [-0.3, -0.25) is 14.1 Å². The van der Waals surface area contributed by atoms with E-state index < -0.39 is 0 Å². The summed E-state index contributed by atoms with van der Waals surface area (Å²) in [6.45, 7) is 3.90. The normalized spacial score (nSPS) is 16.5. The molecule has 8 heteroatoms. The Labute approximate surface area is 190 Å². The van der Waals surface area contributed by atoms with E-state index >= 15 is 4.39 Å². The first kappa shape index (κ1) is 21.6. The summed E-state index contributed by atoms with van der Waals surface area (Å²) in [4.78, 5) is 21.9. The summed E-state index contributed by atoms with van der Waals surface area (Å²) in [5, 5.41) is 0.732. The fourth-order valence-corrected chi connectivity index (χ4v) is 4.48. The molecule has 1 atom stereocenters. The number of aryl methyl sites for hydroxylation is 1. The van der Waals surface area contributed by atoms with Gasteiger partial charge >= 0.3 is 5.69 Å². The van der Waals surface area contributed by atoms with Crippen LogP contribution < -0.4 is 10.4 Å². The summed E-state index contributed by atoms with van der Waals surface area (Å²) >= 11 is 0. The van der Waals surface area contributed by atoms with E-state index in [1.165, 1.54) is 6.07 Å². The summed E-state index contributed by atoms with van der Waals surface area (Å²) < 4.78 is 29.8. The van der Waals surface area contributed by atoms with Crippen LogP contribution in [0.15, 0.2) is 41.5 Å². The van der Waals surface area contributed by atoms with Crippen molar-refractivity contribution in [3.8, 4) is 17.0 Å². The molecule has 0 N–H and O–H groups in total. The van der Waals surface area contributed by atoms with Crippen molar-refractivity contribution in [2.75, 3.05) is 19.8 Å². The second-order valence-corrected chi connectivity index (χ2v) is 8.51. The van der Waals surface area contributed by atoms with Crippen LogP contribution in [-0.2, 0) is 11.8 Å². The van der Waals surface area contributed by atoms with Gasteiger partial charge in [0.05, 0.1) is 42.0 Å². The fraction of sp³-hybridized carbons (Fsp3) is 0.400. The maximum Gasteiger partial charge on any atom is 0.329 e. The smallest absolute Gasteiger partial charge is 0.329 e. The molecule has 1 fully saturated rings. The van der Waals surface area contributed by atoms with Crippen molar-refractivity contribution in [1.82, 2.24) is 19.1 Å². The number of pyridine rings is 2. The Balaban J connectivity index is 1.64. The van der Waals surface area contributed by atoms with Crippen LogP contribution in [0.3, 0.4) is 0 Å². The number of imidazole rings is 1. The summed E-state index contributed by atoms with van der Waals surface area (Å²) in [7, 11) is 1.74. The van der Waals surface area contributed by atoms with Crippen LogP contribution in [0.2, 0.25) is 0 Å². The number of hydrogen-bond donors (Lipinski definition) is 0. The summed E-state index contributed by atoms with van der Waals surface area (Å²) in [5.41, 5.74) is 2.92. The Bertz CT molecular complexity index is 1350. The lowest BCUT2D eigenvalue weighted by molar-refractivity contribution is 0.0593. The Morgan fingerprint density at radius 2 is 2.12 bits per heavy atom. The number of unbranched alkanes of at least 4 members (excludes halogenated alkanes) is 1. The van der Waals surface area contributed by atoms with E-state index in [2.05, 4.69) is 16.9 Å². The molecule has 0 radical (unpaired) electrons. The zero-order valence-corrected chi connectivity index (χ0v) is 18.9. The molecule has 4 aromatic rings. The van der Waals surface area contributed by atoms with Crippen molar-refractivity contribution >= 4 is 21.9 Å². The van der Waals surface area contributed by atoms with Crippen molar-refractivity contribution in [3.63, 3.8) is 0 Å². The quantitative estimate of drug-likeness (QED) is 0.401. The van der Waals surface area contributed by atoms with Crippen molar-refractivity contribution in [2.24, 2.45) is 7.05 Å². The number of ether oxygens (including phenoxy) is 2. The first-order chi connectivity index (χ1) is 16.1. The highest BCUT2D eigenvalue weighted by Gasteiger charge is 2.24. The second-order valence-electron chi connectivity index (χ2n) is 8.51. The minimum Gasteiger partial charge on any atom is -0.478 e. The van der Waals surface area contributed by atoms with Gasteiger partial charge < -0.3 is 9.47 Å². The zero-order chi connectivity index (χ0) is 22.9. The molecule has 1 unspecified atom stereocenters. The molecular formula is C25H27FN4O3. The first-order valence-corrected chi connectivity index (χ1v) is 11.4. The maximum absolute atomic E-state index is 15.1. The van der Waals surface area contributed by atoms with Crippen LogP contribution >= 0.6 is 0 Å². The highest BCUT2D eigenvalue weighted by molar-refractivity contribution is 6.04. The predicted molar refractivity (Wildman–Crippen MR) is 125 cm³/mol. The number of fused-ring (bicyclic) bond motifs is 3. The molecule has 0 saturated carbocycles. The van der Waals surface area contributed by atoms with Crippen molar-refractivity contribution in [3.05, 3.63) is 53.0 Å². The van der Waals surface area contributed by atoms with Crippen LogP contribution in [0.25, 0.3) is 33.1 Å². The Kier molecular flexibility index (Phi) is 5.85. The van der Waals surface area contributed by atoms with Gasteiger partial charge in [0, 0.05) is 48.5 Å². The lowest BCUT2D eigenvalue weighted by Gasteiger charge is -2.23. The molecule has 4 heterocycles. The molecule has 0 spiro atoms. The van der Waals surface area contributed by atoms with Crippen molar-refractivity contribution < 1.29 is 13.9 Å². The summed E-state index contributed by atoms with van der Waals surface area (Å²) in [6.07, 6.45) is 7.01. The SMILES string of the molecule is CCCCOc1ccc(-c2cc3c(cc2F)ncc2c3n(C3CCCOC3)c(=O)n2C)cn1. The fourth-order valence-electron chi connectivity index (χ4n) is 4.48. The summed E-state index contributed by atoms with van der Waals surface area (Å²) in [6, 6.07) is 6.70. The van der Waals surface area contributed by atoms with Gasteiger partial charge in [-0.25, -0.2) is 14.2 Å². The molecule has 1 aliphatic rings. The van der Waals surface area contributed by atoms with E-state index in [1.54, 1.807) is 46.8 Å². The van der Waals surface area contributed by atoms with Crippen LogP contribution in [0, 0.1) is 5.82 Å². The van der Waals surface area contributed by atoms with Gasteiger partial charge in [-0.2, -0.15) is 0 Å². The van der Waals surface area contributed by atoms with Crippen LogP contribution in [0.4, 0.5) is 4.39 Å². The monoisotopic (exact) mass is 450 g/mol. The highest BCUT2D eigenvalue weighted by Crippen LogP contribution is 2.33. The molecule has 1 saturated heterocycles. The average molecular weight is 451 g/mol. The Morgan fingerprint density at radius 1 is 1.24 bits per heavy atom. The number of benzene rings is 1. The Hall–Kier alpha value is -3.26. The van der Waals surface area contributed by atoms with Gasteiger partial charge in [-0.05, 0) is 31.4 Å². The van der Waals surface area contributed by atoms with Crippen LogP contribution in [0.5, 0.6) is 5.88 Å². The standard InChI is InChI=1S/C25H27FN4O3/c1-3-4-10-33-23-8-7-16(13-28-23)18-11-19-21(12-20(18)26)27-14-22-24(19)30(25(31)29(22)2)17-6-5-9-32-15-17/h7-8,11-14,17H,3-6,9-10,15H2,1-2H3. The summed E-state index contributed by atoms with van der Waals surface area (Å²) in [5.74, 6) is 0.133. The van der Waals surface area contributed by atoms with E-state index in [4.69, 9.17) is 9.47 Å². The molecule has 7 nitrogen and oxygen atoms in total. The topological polar surface area (TPSA) is 71.2 Å². The maximum atomic E-state index is 15.1. The molecule has 1 aromatic carbocycles. The zero-order valence-electron chi connectivity index (χ0n) is 18.9. The number of nitrogens with zero attached hydrogens (tertiary/aromatic N) is 4.